The van der Waals surface area contributed by atoms with E-state index in [9.17, 15) is 4.79 Å². The van der Waals surface area contributed by atoms with Gasteiger partial charge >= 0.3 is 0 Å². The van der Waals surface area contributed by atoms with Crippen LogP contribution in [0, 0.1) is 0 Å². The molecule has 26 heavy (non-hydrogen) atoms. The Bertz CT molecular complexity index is 733. The van der Waals surface area contributed by atoms with Crippen LogP contribution in [-0.2, 0) is 16.0 Å². The molecule has 0 aromatic heterocycles. The zero-order chi connectivity index (χ0) is 18.9. The van der Waals surface area contributed by atoms with Crippen molar-refractivity contribution in [2.75, 3.05) is 13.7 Å². The topological polar surface area (TPSA) is 47.6 Å². The number of hydrogen-bond acceptors (Lipinski definition) is 3. The van der Waals surface area contributed by atoms with Crippen molar-refractivity contribution in [2.24, 2.45) is 0 Å². The zero-order valence-corrected chi connectivity index (χ0v) is 16.8. The Morgan fingerprint density at radius 2 is 1.96 bits per heavy atom. The van der Waals surface area contributed by atoms with Gasteiger partial charge in [0.15, 0.2) is 0 Å². The molecule has 0 saturated heterocycles. The van der Waals surface area contributed by atoms with Crippen LogP contribution in [0.1, 0.15) is 57.6 Å². The van der Waals surface area contributed by atoms with Crippen LogP contribution in [0.5, 0.6) is 5.75 Å². The van der Waals surface area contributed by atoms with Crippen molar-refractivity contribution in [1.82, 2.24) is 5.32 Å². The number of benzene rings is 1. The van der Waals surface area contributed by atoms with Crippen LogP contribution in [0.2, 0.25) is 5.02 Å². The second kappa shape index (κ2) is 7.61. The first kappa shape index (κ1) is 19.2. The fraction of sp³-hybridized carbons (Fsp3) is 0.571. The summed E-state index contributed by atoms with van der Waals surface area (Å²) in [5.74, 6) is 0.695. The molecule has 1 aliphatic heterocycles. The van der Waals surface area contributed by atoms with Crippen LogP contribution in [0.25, 0.3) is 5.57 Å². The van der Waals surface area contributed by atoms with Crippen LogP contribution in [0.15, 0.2) is 17.7 Å². The van der Waals surface area contributed by atoms with Crippen molar-refractivity contribution in [3.8, 4) is 5.75 Å². The number of nitrogens with one attached hydrogen (secondary N) is 1. The van der Waals surface area contributed by atoms with Gasteiger partial charge in [0.1, 0.15) is 5.75 Å². The Labute approximate surface area is 160 Å². The first-order chi connectivity index (χ1) is 12.5. The quantitative estimate of drug-likeness (QED) is 0.819. The van der Waals surface area contributed by atoms with E-state index in [1.807, 2.05) is 19.1 Å². The highest BCUT2D eigenvalue weighted by Gasteiger charge is 2.46. The van der Waals surface area contributed by atoms with E-state index < -0.39 is 0 Å². The summed E-state index contributed by atoms with van der Waals surface area (Å²) in [7, 11) is 1.76. The summed E-state index contributed by atoms with van der Waals surface area (Å²) in [4.78, 5) is 13.0. The molecule has 0 bridgehead atoms. The smallest absolute Gasteiger partial charge is 0.252 e. The molecule has 1 saturated carbocycles. The largest absolute Gasteiger partial charge is 0.493 e. The van der Waals surface area contributed by atoms with E-state index in [2.05, 4.69) is 19.2 Å². The Hall–Kier alpha value is -1.52. The van der Waals surface area contributed by atoms with Gasteiger partial charge in [-0.2, -0.15) is 0 Å². The Morgan fingerprint density at radius 3 is 2.54 bits per heavy atom. The average Bonchev–Trinajstić information content (AvgIpc) is 2.86. The lowest BCUT2D eigenvalue weighted by molar-refractivity contribution is -0.116. The molecule has 1 aromatic rings. The van der Waals surface area contributed by atoms with Crippen LogP contribution in [-0.4, -0.2) is 31.3 Å². The Morgan fingerprint density at radius 1 is 1.27 bits per heavy atom. The highest BCUT2D eigenvalue weighted by Crippen LogP contribution is 2.45. The molecular formula is C21H28ClNO3. The number of carbonyl (C=O) groups is 1. The summed E-state index contributed by atoms with van der Waals surface area (Å²) in [6.45, 7) is 6.64. The van der Waals surface area contributed by atoms with Crippen molar-refractivity contribution in [2.45, 2.75) is 64.5 Å². The number of rotatable bonds is 5. The molecule has 1 aliphatic carbocycles. The lowest BCUT2D eigenvalue weighted by Crippen LogP contribution is -2.47. The fourth-order valence-electron chi connectivity index (χ4n) is 4.37. The normalized spacial score (nSPS) is 25.7. The number of halogens is 1. The summed E-state index contributed by atoms with van der Waals surface area (Å²) in [6, 6.07) is 3.76. The molecule has 142 valence electrons. The molecule has 4 nitrogen and oxygen atoms in total. The lowest BCUT2D eigenvalue weighted by Gasteiger charge is -2.38. The number of carbonyl (C=O) groups excluding carboxylic acids is 1. The molecule has 1 fully saturated rings. The number of aryl methyl sites for hydroxylation is 1. The predicted molar refractivity (Wildman–Crippen MR) is 105 cm³/mol. The van der Waals surface area contributed by atoms with Gasteiger partial charge in [-0.3, -0.25) is 4.79 Å². The van der Waals surface area contributed by atoms with E-state index in [1.54, 1.807) is 7.11 Å². The molecule has 1 amide bonds. The second-order valence-corrected chi connectivity index (χ2v) is 7.63. The Kier molecular flexibility index (Phi) is 5.64. The lowest BCUT2D eigenvalue weighted by atomic mass is 9.75. The average molecular weight is 378 g/mol. The summed E-state index contributed by atoms with van der Waals surface area (Å²) in [5, 5.41) is 3.93. The summed E-state index contributed by atoms with van der Waals surface area (Å²) < 4.78 is 11.4. The molecular weight excluding hydrogens is 350 g/mol. The molecule has 0 unspecified atom stereocenters. The molecule has 1 aromatic carbocycles. The molecule has 0 radical (unpaired) electrons. The van der Waals surface area contributed by atoms with Crippen molar-refractivity contribution in [3.05, 3.63) is 33.9 Å². The summed E-state index contributed by atoms with van der Waals surface area (Å²) in [5.41, 5.74) is 3.58. The van der Waals surface area contributed by atoms with E-state index in [0.29, 0.717) is 17.4 Å². The van der Waals surface area contributed by atoms with E-state index >= 15 is 0 Å². The highest BCUT2D eigenvalue weighted by atomic mass is 35.5. The molecule has 1 heterocycles. The first-order valence-corrected chi connectivity index (χ1v) is 9.85. The van der Waals surface area contributed by atoms with Crippen LogP contribution < -0.4 is 10.1 Å². The van der Waals surface area contributed by atoms with Gasteiger partial charge in [0.25, 0.3) is 5.91 Å². The van der Waals surface area contributed by atoms with Gasteiger partial charge in [0, 0.05) is 17.7 Å². The molecule has 3 rings (SSSR count). The predicted octanol–water partition coefficient (Wildman–Crippen LogP) is 4.53. The molecule has 1 N–H and O–H groups in total. The van der Waals surface area contributed by atoms with Crippen molar-refractivity contribution in [3.63, 3.8) is 0 Å². The van der Waals surface area contributed by atoms with Crippen molar-refractivity contribution in [1.29, 1.82) is 0 Å². The standard InChI is InChI=1S/C21H28ClNO3/c1-5-14-11-15(22)12-17(26-6-2)19(14)18-13(3)21(23-20(18)24)9-7-16(25-4)8-10-21/h11-12,16H,5-10H2,1-4H3,(H,23,24). The number of methoxy groups -OCH3 is 1. The van der Waals surface area contributed by atoms with Crippen molar-refractivity contribution >= 4 is 23.1 Å². The number of hydrogen-bond donors (Lipinski definition) is 1. The minimum absolute atomic E-state index is 0.00339. The van der Waals surface area contributed by atoms with Gasteiger partial charge in [0.2, 0.25) is 0 Å². The maximum absolute atomic E-state index is 13.0. The van der Waals surface area contributed by atoms with E-state index in [1.165, 1.54) is 0 Å². The molecule has 5 heteroatoms. The van der Waals surface area contributed by atoms with Gasteiger partial charge < -0.3 is 14.8 Å². The van der Waals surface area contributed by atoms with Crippen molar-refractivity contribution < 1.29 is 14.3 Å². The van der Waals surface area contributed by atoms with Crippen LogP contribution in [0.4, 0.5) is 0 Å². The van der Waals surface area contributed by atoms with Gasteiger partial charge in [-0.1, -0.05) is 18.5 Å². The van der Waals surface area contributed by atoms with Gasteiger partial charge in [-0.25, -0.2) is 0 Å². The van der Waals surface area contributed by atoms with Gasteiger partial charge in [-0.05, 0) is 69.2 Å². The maximum atomic E-state index is 13.0. The maximum Gasteiger partial charge on any atom is 0.252 e. The van der Waals surface area contributed by atoms with E-state index in [4.69, 9.17) is 21.1 Å². The highest BCUT2D eigenvalue weighted by molar-refractivity contribution is 6.31. The summed E-state index contributed by atoms with van der Waals surface area (Å²) >= 11 is 6.28. The van der Waals surface area contributed by atoms with Crippen LogP contribution in [0.3, 0.4) is 0 Å². The number of amides is 1. The minimum atomic E-state index is -0.254. The third kappa shape index (κ3) is 3.25. The molecule has 2 aliphatic rings. The zero-order valence-electron chi connectivity index (χ0n) is 16.1. The minimum Gasteiger partial charge on any atom is -0.493 e. The first-order valence-electron chi connectivity index (χ1n) is 9.48. The monoisotopic (exact) mass is 377 g/mol. The number of ether oxygens (including phenoxy) is 2. The molecule has 0 atom stereocenters. The fourth-order valence-corrected chi connectivity index (χ4v) is 4.60. The third-order valence-electron chi connectivity index (χ3n) is 5.87. The van der Waals surface area contributed by atoms with E-state index in [0.717, 1.165) is 54.4 Å². The third-order valence-corrected chi connectivity index (χ3v) is 6.09. The van der Waals surface area contributed by atoms with E-state index in [-0.39, 0.29) is 17.6 Å². The molecule has 1 spiro atoms. The van der Waals surface area contributed by atoms with Gasteiger partial charge in [-0.15, -0.1) is 0 Å². The second-order valence-electron chi connectivity index (χ2n) is 7.20. The SMILES string of the molecule is CCOc1cc(Cl)cc(CC)c1C1=C(C)C2(CCC(OC)CC2)NC1=O. The van der Waals surface area contributed by atoms with Gasteiger partial charge in [0.05, 0.1) is 23.8 Å². The Balaban J connectivity index is 2.09. The summed E-state index contributed by atoms with van der Waals surface area (Å²) in [6.07, 6.45) is 4.81. The van der Waals surface area contributed by atoms with Crippen LogP contribution >= 0.6 is 11.6 Å².